The number of amides is 1. The van der Waals surface area contributed by atoms with E-state index in [2.05, 4.69) is 22.3 Å². The first kappa shape index (κ1) is 29.9. The molecular weight excluding hydrogens is 564 g/mol. The molecule has 1 saturated carbocycles. The maximum Gasteiger partial charge on any atom is 0.255 e. The quantitative estimate of drug-likeness (QED) is 0.212. The molecule has 11 nitrogen and oxygen atoms in total. The summed E-state index contributed by atoms with van der Waals surface area (Å²) < 4.78 is 0. The van der Waals surface area contributed by atoms with Crippen molar-refractivity contribution in [3.05, 3.63) is 76.1 Å². The van der Waals surface area contributed by atoms with E-state index in [1.54, 1.807) is 20.2 Å². The van der Waals surface area contributed by atoms with Gasteiger partial charge in [-0.2, -0.15) is 0 Å². The minimum absolute atomic E-state index is 0.0543. The molecule has 1 aliphatic heterocycles. The molecule has 4 aliphatic rings. The molecule has 2 aromatic rings. The molecule has 1 amide bonds. The number of likely N-dealkylation sites (tertiary alicyclic amines) is 1. The van der Waals surface area contributed by atoms with Crippen LogP contribution in [0.1, 0.15) is 36.0 Å². The first-order valence-corrected chi connectivity index (χ1v) is 15.0. The Morgan fingerprint density at radius 3 is 2.39 bits per heavy atom. The summed E-state index contributed by atoms with van der Waals surface area (Å²) >= 11 is 0. The lowest BCUT2D eigenvalue weighted by Crippen LogP contribution is -2.65. The van der Waals surface area contributed by atoms with Crippen molar-refractivity contribution in [1.29, 1.82) is 0 Å². The van der Waals surface area contributed by atoms with E-state index in [1.165, 1.54) is 16.5 Å². The van der Waals surface area contributed by atoms with Gasteiger partial charge in [0.05, 0.1) is 11.6 Å². The number of anilines is 1. The minimum atomic E-state index is -2.65. The molecule has 7 N–H and O–H groups in total. The van der Waals surface area contributed by atoms with E-state index in [4.69, 9.17) is 5.73 Å². The highest BCUT2D eigenvalue weighted by Gasteiger charge is 2.64. The van der Waals surface area contributed by atoms with Gasteiger partial charge in [0.15, 0.2) is 11.4 Å². The first-order valence-electron chi connectivity index (χ1n) is 15.0. The lowest BCUT2D eigenvalue weighted by atomic mass is 9.57. The topological polar surface area (TPSA) is 177 Å². The zero-order valence-electron chi connectivity index (χ0n) is 24.8. The highest BCUT2D eigenvalue weighted by Crippen LogP contribution is 2.53. The number of hydrogen-bond donors (Lipinski definition) is 6. The zero-order valence-corrected chi connectivity index (χ0v) is 24.8. The lowest BCUT2D eigenvalue weighted by Gasteiger charge is -2.50. The van der Waals surface area contributed by atoms with E-state index in [0.29, 0.717) is 5.56 Å². The molecule has 0 unspecified atom stereocenters. The third-order valence-corrected chi connectivity index (χ3v) is 9.80. The van der Waals surface area contributed by atoms with Gasteiger partial charge in [-0.25, -0.2) is 0 Å². The average molecular weight is 603 g/mol. The second kappa shape index (κ2) is 11.1. The number of aromatic hydroxyl groups is 1. The van der Waals surface area contributed by atoms with Gasteiger partial charge in [-0.1, -0.05) is 30.3 Å². The van der Waals surface area contributed by atoms with Gasteiger partial charge in [-0.3, -0.25) is 24.2 Å². The first-order chi connectivity index (χ1) is 20.9. The molecule has 11 heteroatoms. The van der Waals surface area contributed by atoms with Crippen LogP contribution >= 0.6 is 0 Å². The number of benzene rings is 2. The summed E-state index contributed by atoms with van der Waals surface area (Å²) in [5.74, 6) is -6.57. The van der Waals surface area contributed by atoms with Gasteiger partial charge < -0.3 is 31.5 Å². The molecule has 4 atom stereocenters. The molecule has 2 fully saturated rings. The third-order valence-electron chi connectivity index (χ3n) is 9.80. The number of ketones is 2. The van der Waals surface area contributed by atoms with Gasteiger partial charge in [0.1, 0.15) is 22.8 Å². The summed E-state index contributed by atoms with van der Waals surface area (Å²) in [6.45, 7) is 2.70. The maximum atomic E-state index is 14.0. The predicted molar refractivity (Wildman–Crippen MR) is 163 cm³/mol. The number of nitrogens with two attached hydrogens (primary N) is 1. The zero-order chi connectivity index (χ0) is 31.5. The van der Waals surface area contributed by atoms with Crippen molar-refractivity contribution >= 4 is 28.9 Å². The molecule has 232 valence electrons. The molecule has 6 rings (SSSR count). The average Bonchev–Trinajstić information content (AvgIpc) is 2.97. The van der Waals surface area contributed by atoms with Crippen molar-refractivity contribution in [2.24, 2.45) is 17.6 Å². The maximum absolute atomic E-state index is 14.0. The van der Waals surface area contributed by atoms with Gasteiger partial charge in [0.2, 0.25) is 5.78 Å². The lowest BCUT2D eigenvalue weighted by molar-refractivity contribution is -0.153. The molecular formula is C33H38N4O7. The summed E-state index contributed by atoms with van der Waals surface area (Å²) in [6.07, 6.45) is 2.09. The van der Waals surface area contributed by atoms with Crippen molar-refractivity contribution in [3.8, 4) is 5.75 Å². The monoisotopic (exact) mass is 602 g/mol. The van der Waals surface area contributed by atoms with Crippen molar-refractivity contribution in [3.63, 3.8) is 0 Å². The summed E-state index contributed by atoms with van der Waals surface area (Å²) in [4.78, 5) is 43.4. The highest BCUT2D eigenvalue weighted by atomic mass is 16.3. The number of nitrogens with zero attached hydrogens (tertiary/aromatic N) is 2. The van der Waals surface area contributed by atoms with Crippen LogP contribution in [0, 0.1) is 11.8 Å². The standard InChI is InChI=1S/C33H38N4O7/c1-36(2)27-21-15-18-14-20-22(35-19-10-12-37(13-11-19)16-17-6-4-3-5-7-17)8-9-23(38)25(20)28(39)24(18)30(41)33(21,44)31(42)26(29(27)40)32(34)43/h3-9,18-19,21,27,35,38-39,42,44H,10-16H2,1-2H3,(H2,34,43)/t18-,21-,27-,33+/m1/s1. The van der Waals surface area contributed by atoms with Crippen LogP contribution in [-0.4, -0.2) is 92.6 Å². The molecule has 3 aliphatic carbocycles. The Labute approximate surface area is 255 Å². The van der Waals surface area contributed by atoms with E-state index in [-0.39, 0.29) is 35.8 Å². The number of Topliss-reactive ketones (excluding diaryl/α,β-unsaturated/α-hetero) is 2. The van der Waals surface area contributed by atoms with E-state index in [9.17, 15) is 34.8 Å². The van der Waals surface area contributed by atoms with Crippen LogP contribution in [0.5, 0.6) is 5.75 Å². The Morgan fingerprint density at radius 2 is 1.75 bits per heavy atom. The number of carbonyl (C=O) groups excluding carboxylic acids is 3. The Bertz CT molecular complexity index is 1590. The van der Waals surface area contributed by atoms with Crippen LogP contribution in [0.3, 0.4) is 0 Å². The van der Waals surface area contributed by atoms with Gasteiger partial charge in [0.25, 0.3) is 5.91 Å². The normalized spacial score (nSPS) is 27.7. The Morgan fingerprint density at radius 1 is 1.07 bits per heavy atom. The molecule has 0 bridgehead atoms. The second-order valence-electron chi connectivity index (χ2n) is 12.6. The summed E-state index contributed by atoms with van der Waals surface area (Å²) in [6, 6.07) is 12.6. The number of piperidine rings is 1. The largest absolute Gasteiger partial charge is 0.508 e. The van der Waals surface area contributed by atoms with Gasteiger partial charge in [0, 0.05) is 42.9 Å². The summed E-state index contributed by atoms with van der Waals surface area (Å²) in [5.41, 5.74) is 4.50. The van der Waals surface area contributed by atoms with Crippen LogP contribution in [0.15, 0.2) is 59.4 Å². The number of aliphatic hydroxyl groups excluding tert-OH is 2. The number of rotatable bonds is 6. The van der Waals surface area contributed by atoms with Crippen molar-refractivity contribution in [1.82, 2.24) is 9.80 Å². The predicted octanol–water partition coefficient (Wildman–Crippen LogP) is 2.04. The molecule has 2 aromatic carbocycles. The van der Waals surface area contributed by atoms with Crippen molar-refractivity contribution in [2.75, 3.05) is 32.5 Å². The number of primary amides is 1. The Balaban J connectivity index is 1.31. The van der Waals surface area contributed by atoms with Crippen LogP contribution in [0.2, 0.25) is 0 Å². The van der Waals surface area contributed by atoms with E-state index >= 15 is 0 Å². The van der Waals surface area contributed by atoms with Crippen LogP contribution in [0.25, 0.3) is 5.76 Å². The fourth-order valence-corrected chi connectivity index (χ4v) is 7.68. The van der Waals surface area contributed by atoms with E-state index < -0.39 is 58.0 Å². The number of aliphatic hydroxyl groups is 3. The number of fused-ring (bicyclic) bond motifs is 3. The van der Waals surface area contributed by atoms with Gasteiger partial charge >= 0.3 is 0 Å². The van der Waals surface area contributed by atoms with E-state index in [1.807, 2.05) is 18.2 Å². The molecule has 1 heterocycles. The highest BCUT2D eigenvalue weighted by molar-refractivity contribution is 6.24. The second-order valence-corrected chi connectivity index (χ2v) is 12.6. The SMILES string of the molecule is CN(C)[C@H]1C(=O)C(C(N)=O)=C(O)[C@@]2(O)C(=O)C3=C(O)c4c(O)ccc(NC5CCN(Cc6ccccc6)CC5)c4C[C@@H]3C[C@H]12. The van der Waals surface area contributed by atoms with Crippen LogP contribution < -0.4 is 11.1 Å². The molecule has 0 aromatic heterocycles. The number of hydrogen-bond acceptors (Lipinski definition) is 10. The van der Waals surface area contributed by atoms with E-state index in [0.717, 1.165) is 38.2 Å². The van der Waals surface area contributed by atoms with Crippen LogP contribution in [0.4, 0.5) is 5.69 Å². The fourth-order valence-electron chi connectivity index (χ4n) is 7.68. The molecule has 0 spiro atoms. The summed E-state index contributed by atoms with van der Waals surface area (Å²) in [7, 11) is 3.16. The van der Waals surface area contributed by atoms with Crippen molar-refractivity contribution < 1.29 is 34.8 Å². The Hall–Kier alpha value is -4.19. The summed E-state index contributed by atoms with van der Waals surface area (Å²) in [5, 5.41) is 48.7. The number of nitrogens with one attached hydrogen (secondary N) is 1. The van der Waals surface area contributed by atoms with Crippen LogP contribution in [-0.2, 0) is 27.3 Å². The van der Waals surface area contributed by atoms with Gasteiger partial charge in [-0.05, 0) is 69.0 Å². The third kappa shape index (κ3) is 4.66. The number of likely N-dealkylation sites (N-methyl/N-ethyl adjacent to an activating group) is 1. The number of phenols is 1. The van der Waals surface area contributed by atoms with Gasteiger partial charge in [-0.15, -0.1) is 0 Å². The number of phenolic OH excluding ortho intramolecular Hbond substituents is 1. The minimum Gasteiger partial charge on any atom is -0.508 e. The number of carbonyl (C=O) groups is 3. The molecule has 0 radical (unpaired) electrons. The smallest absolute Gasteiger partial charge is 0.255 e. The Kier molecular flexibility index (Phi) is 7.51. The van der Waals surface area contributed by atoms with Crippen molar-refractivity contribution in [2.45, 2.75) is 49.9 Å². The fraction of sp³-hybridized carbons (Fsp3) is 0.424. The molecule has 44 heavy (non-hydrogen) atoms. The molecule has 1 saturated heterocycles.